The van der Waals surface area contributed by atoms with Crippen LogP contribution in [0.3, 0.4) is 0 Å². The smallest absolute Gasteiger partial charge is 0.328 e. The van der Waals surface area contributed by atoms with Crippen molar-refractivity contribution in [3.8, 4) is 0 Å². The predicted octanol–water partition coefficient (Wildman–Crippen LogP) is 2.56. The summed E-state index contributed by atoms with van der Waals surface area (Å²) in [5, 5.41) is 44.1. The highest BCUT2D eigenvalue weighted by Crippen LogP contribution is 2.44. The molecule has 1 amide bonds. The number of rotatable bonds is 14. The van der Waals surface area contributed by atoms with Gasteiger partial charge in [-0.1, -0.05) is 64.0 Å². The van der Waals surface area contributed by atoms with Gasteiger partial charge in [0.15, 0.2) is 12.3 Å². The number of nitrogens with one attached hydrogen (secondary N) is 1. The van der Waals surface area contributed by atoms with Gasteiger partial charge in [-0.05, 0) is 26.2 Å². The number of carboxylic acids is 1. The summed E-state index contributed by atoms with van der Waals surface area (Å²) in [6, 6.07) is 0. The van der Waals surface area contributed by atoms with Crippen molar-refractivity contribution in [2.24, 2.45) is 11.3 Å². The number of carboxylic acid groups (broad SMARTS) is 1. The van der Waals surface area contributed by atoms with Gasteiger partial charge in [0.2, 0.25) is 5.79 Å². The molecule has 0 aromatic rings. The number of aliphatic hydroxyl groups is 3. The van der Waals surface area contributed by atoms with Gasteiger partial charge in [0.05, 0.1) is 24.4 Å². The molecule has 0 unspecified atom stereocenters. The maximum absolute atomic E-state index is 13.2. The molecule has 3 rings (SSSR count). The van der Waals surface area contributed by atoms with Gasteiger partial charge in [-0.2, -0.15) is 0 Å². The lowest BCUT2D eigenvalue weighted by Gasteiger charge is -2.54. The number of carbonyl (C=O) groups is 2. The summed E-state index contributed by atoms with van der Waals surface area (Å²) < 4.78 is 29.6. The van der Waals surface area contributed by atoms with E-state index in [4.69, 9.17) is 28.8 Å². The molecular formula is C32H51NO11. The minimum absolute atomic E-state index is 0.0426. The molecule has 0 aromatic heterocycles. The first-order valence-corrected chi connectivity index (χ1v) is 15.4. The number of amides is 1. The molecule has 3 aliphatic rings. The monoisotopic (exact) mass is 625 g/mol. The van der Waals surface area contributed by atoms with Gasteiger partial charge in [-0.15, -0.1) is 0 Å². The summed E-state index contributed by atoms with van der Waals surface area (Å²) in [5.74, 6) is -4.05. The molecule has 12 nitrogen and oxygen atoms in total. The lowest BCUT2D eigenvalue weighted by molar-refractivity contribution is -0.332. The first kappa shape index (κ1) is 36.3. The van der Waals surface area contributed by atoms with E-state index in [0.29, 0.717) is 18.4 Å². The Kier molecular flexibility index (Phi) is 13.1. The Labute approximate surface area is 260 Å². The minimum atomic E-state index is -2.14. The highest BCUT2D eigenvalue weighted by atomic mass is 16.7. The van der Waals surface area contributed by atoms with Gasteiger partial charge >= 0.3 is 5.97 Å². The number of aliphatic carboxylic acids is 1. The molecule has 0 spiro atoms. The molecule has 0 aliphatic carbocycles. The molecule has 3 fully saturated rings. The van der Waals surface area contributed by atoms with Crippen molar-refractivity contribution in [3.63, 3.8) is 0 Å². The Morgan fingerprint density at radius 1 is 1.14 bits per heavy atom. The highest BCUT2D eigenvalue weighted by molar-refractivity contribution is 5.82. The Morgan fingerprint density at radius 3 is 2.52 bits per heavy atom. The first-order valence-electron chi connectivity index (χ1n) is 15.4. The lowest BCUT2D eigenvalue weighted by atomic mass is 9.72. The normalized spacial score (nSPS) is 35.4. The van der Waals surface area contributed by atoms with Crippen molar-refractivity contribution in [2.75, 3.05) is 13.9 Å². The molecule has 5 N–H and O–H groups in total. The van der Waals surface area contributed by atoms with E-state index >= 15 is 0 Å². The van der Waals surface area contributed by atoms with Crippen molar-refractivity contribution in [1.82, 2.24) is 5.32 Å². The van der Waals surface area contributed by atoms with Crippen molar-refractivity contribution >= 4 is 11.9 Å². The van der Waals surface area contributed by atoms with Crippen molar-refractivity contribution in [1.29, 1.82) is 0 Å². The number of hydrogen-bond donors (Lipinski definition) is 5. The molecule has 3 heterocycles. The average molecular weight is 626 g/mol. The summed E-state index contributed by atoms with van der Waals surface area (Å²) in [7, 11) is 1.58. The summed E-state index contributed by atoms with van der Waals surface area (Å²) in [4.78, 5) is 23.7. The van der Waals surface area contributed by atoms with Gasteiger partial charge in [-0.25, -0.2) is 4.79 Å². The fourth-order valence-electron chi connectivity index (χ4n) is 6.22. The van der Waals surface area contributed by atoms with Crippen LogP contribution < -0.4 is 5.32 Å². The predicted molar refractivity (Wildman–Crippen MR) is 160 cm³/mol. The quantitative estimate of drug-likeness (QED) is 0.0831. The van der Waals surface area contributed by atoms with Gasteiger partial charge in [0.25, 0.3) is 5.91 Å². The number of unbranched alkanes of at least 4 members (excludes halogenated alkanes) is 3. The number of allylic oxidation sites excluding steroid dienone is 3. The van der Waals surface area contributed by atoms with E-state index < -0.39 is 72.0 Å². The van der Waals surface area contributed by atoms with Crippen LogP contribution in [0.5, 0.6) is 0 Å². The lowest BCUT2D eigenvalue weighted by Crippen LogP contribution is -2.69. The minimum Gasteiger partial charge on any atom is -0.478 e. The molecule has 250 valence electrons. The second-order valence-electron chi connectivity index (χ2n) is 12.8. The summed E-state index contributed by atoms with van der Waals surface area (Å²) in [6.45, 7) is 11.4. The van der Waals surface area contributed by atoms with E-state index in [1.54, 1.807) is 20.1 Å². The Morgan fingerprint density at radius 2 is 1.86 bits per heavy atom. The standard InChI is InChI=1S/C32H51NO11/c1-19-17-32(39,44-21(3)20(19)2)27(37)29(38)33-30-26-25(41-18-42-30)28(40-6)31(4,5)23(43-26)16-22(34)14-12-10-8-7-9-11-13-15-24(35)36/h9,11,13,15,20-23,25-28,30,34,37,39H,1,7-8,10,12,14,16-18H2,2-6H3,(H,33,38)(H,35,36)/b11-9+,15-13+/t20-,21-,22-,23-,25+,26-,27-,28-,30+,32-/m1/s1. The van der Waals surface area contributed by atoms with Crippen LogP contribution in [0.2, 0.25) is 0 Å². The van der Waals surface area contributed by atoms with E-state index in [9.17, 15) is 24.9 Å². The zero-order valence-electron chi connectivity index (χ0n) is 26.5. The van der Waals surface area contributed by atoms with Crippen molar-refractivity contribution < 1.29 is 53.7 Å². The summed E-state index contributed by atoms with van der Waals surface area (Å²) in [6.07, 6.45) is 4.09. The average Bonchev–Trinajstić information content (AvgIpc) is 2.95. The molecule has 0 saturated carbocycles. The molecule has 44 heavy (non-hydrogen) atoms. The van der Waals surface area contributed by atoms with Gasteiger partial charge in [0, 0.05) is 37.4 Å². The third-order valence-electron chi connectivity index (χ3n) is 9.13. The SMILES string of the molecule is C=C1C[C@](O)([C@H](O)C(=O)N[C@H]2OCO[C@H]3[C@H]2O[C@H](C[C@H](O)CCCCC/C=C/C=C/C(=O)O)C(C)(C)[C@@H]3OC)O[C@H](C)[C@@H]1C. The molecule has 12 heteroatoms. The molecule has 3 saturated heterocycles. The Bertz CT molecular complexity index is 1050. The molecule has 3 aliphatic heterocycles. The van der Waals surface area contributed by atoms with Gasteiger partial charge < -0.3 is 49.4 Å². The van der Waals surface area contributed by atoms with Crippen LogP contribution in [0.15, 0.2) is 36.5 Å². The number of ether oxygens (including phenoxy) is 5. The second-order valence-corrected chi connectivity index (χ2v) is 12.8. The van der Waals surface area contributed by atoms with E-state index in [1.807, 2.05) is 26.8 Å². The molecule has 0 bridgehead atoms. The van der Waals surface area contributed by atoms with Crippen LogP contribution in [0.25, 0.3) is 0 Å². The van der Waals surface area contributed by atoms with Crippen LogP contribution >= 0.6 is 0 Å². The maximum Gasteiger partial charge on any atom is 0.328 e. The highest BCUT2D eigenvalue weighted by Gasteiger charge is 2.57. The fraction of sp³-hybridized carbons (Fsp3) is 0.750. The molecule has 10 atom stereocenters. The number of fused-ring (bicyclic) bond motifs is 1. The van der Waals surface area contributed by atoms with Crippen molar-refractivity contribution in [3.05, 3.63) is 36.5 Å². The van der Waals surface area contributed by atoms with E-state index in [1.165, 1.54) is 6.08 Å². The van der Waals surface area contributed by atoms with E-state index in [-0.39, 0.29) is 19.1 Å². The maximum atomic E-state index is 13.2. The van der Waals surface area contributed by atoms with Crippen LogP contribution in [-0.4, -0.2) is 101 Å². The third-order valence-corrected chi connectivity index (χ3v) is 9.13. The van der Waals surface area contributed by atoms with Crippen LogP contribution in [0.4, 0.5) is 0 Å². The number of hydrogen-bond acceptors (Lipinski definition) is 10. The number of aliphatic hydroxyl groups excluding tert-OH is 2. The molecule has 0 aromatic carbocycles. The van der Waals surface area contributed by atoms with E-state index in [0.717, 1.165) is 31.8 Å². The Balaban J connectivity index is 1.59. The summed E-state index contributed by atoms with van der Waals surface area (Å²) >= 11 is 0. The number of methoxy groups -OCH3 is 1. The number of carbonyl (C=O) groups excluding carboxylic acids is 1. The molecule has 0 radical (unpaired) electrons. The van der Waals surface area contributed by atoms with Gasteiger partial charge in [-0.3, -0.25) is 4.79 Å². The summed E-state index contributed by atoms with van der Waals surface area (Å²) in [5.41, 5.74) is 0.111. The second kappa shape index (κ2) is 15.9. The van der Waals surface area contributed by atoms with Crippen molar-refractivity contribution in [2.45, 2.75) is 127 Å². The largest absolute Gasteiger partial charge is 0.478 e. The topological polar surface area (TPSA) is 173 Å². The van der Waals surface area contributed by atoms with E-state index in [2.05, 4.69) is 11.9 Å². The van der Waals surface area contributed by atoms with Crippen LogP contribution in [-0.2, 0) is 33.3 Å². The van der Waals surface area contributed by atoms with Gasteiger partial charge in [0.1, 0.15) is 19.0 Å². The molecular weight excluding hydrogens is 574 g/mol. The fourth-order valence-corrected chi connectivity index (χ4v) is 6.22. The van der Waals surface area contributed by atoms with Crippen LogP contribution in [0.1, 0.15) is 72.6 Å². The third kappa shape index (κ3) is 8.97. The first-order chi connectivity index (χ1) is 20.7. The zero-order valence-corrected chi connectivity index (χ0v) is 26.5. The zero-order chi connectivity index (χ0) is 32.7. The Hall–Kier alpha value is -2.16. The van der Waals surface area contributed by atoms with Crippen LogP contribution in [0, 0.1) is 11.3 Å².